The number of furan rings is 1. The van der Waals surface area contributed by atoms with Gasteiger partial charge in [-0.3, -0.25) is 0 Å². The van der Waals surface area contributed by atoms with E-state index in [0.29, 0.717) is 11.1 Å². The number of nitrogens with zero attached hydrogens (tertiary/aromatic N) is 2. The predicted molar refractivity (Wildman–Crippen MR) is 188 cm³/mol. The van der Waals surface area contributed by atoms with Gasteiger partial charge in [0.2, 0.25) is 0 Å². The molecule has 8 rings (SSSR count). The molecule has 0 atom stereocenters. The Kier molecular flexibility index (Phi) is 7.86. The Morgan fingerprint density at radius 2 is 1.00 bits per heavy atom. The molecule has 0 bridgehead atoms. The molecule has 3 heterocycles. The second-order valence-electron chi connectivity index (χ2n) is 10.1. The number of rotatable bonds is 3. The molecule has 0 amide bonds. The van der Waals surface area contributed by atoms with Crippen molar-refractivity contribution in [3.05, 3.63) is 181 Å². The fourth-order valence-electron chi connectivity index (χ4n) is 4.62. The Balaban J connectivity index is 0.000000164. The third-order valence-electron chi connectivity index (χ3n) is 6.92. The number of hydrogen-bond donors (Lipinski definition) is 0. The summed E-state index contributed by atoms with van der Waals surface area (Å²) < 4.78 is 71.6. The van der Waals surface area contributed by atoms with Crippen LogP contribution in [0.25, 0.3) is 55.6 Å². The van der Waals surface area contributed by atoms with Crippen molar-refractivity contribution < 1.29 is 36.9 Å². The molecular weight excluding hydrogens is 753 g/mol. The molecule has 0 saturated carbocycles. The molecule has 0 aliphatic carbocycles. The predicted octanol–water partition coefficient (Wildman–Crippen LogP) is 10.9. The fourth-order valence-corrected chi connectivity index (χ4v) is 4.62. The van der Waals surface area contributed by atoms with E-state index in [1.165, 1.54) is 18.2 Å². The Hall–Kier alpha value is -5.15. The first kappa shape index (κ1) is 23.2. The van der Waals surface area contributed by atoms with E-state index in [-0.39, 0.29) is 25.7 Å². The fraction of sp³-hybridized carbons (Fsp3) is 0.0698. The van der Waals surface area contributed by atoms with Gasteiger partial charge in [-0.05, 0) is 35.0 Å². The molecule has 47 heavy (non-hydrogen) atoms. The molecule has 0 saturated heterocycles. The minimum Gasteiger partial charge on any atom is -0.477 e. The van der Waals surface area contributed by atoms with Crippen LogP contribution in [0.5, 0.6) is 0 Å². The van der Waals surface area contributed by atoms with Gasteiger partial charge in [0.1, 0.15) is 5.58 Å². The van der Waals surface area contributed by atoms with E-state index in [9.17, 15) is 0 Å². The van der Waals surface area contributed by atoms with E-state index in [1.807, 2.05) is 72.8 Å². The Labute approximate surface area is 303 Å². The van der Waals surface area contributed by atoms with Crippen molar-refractivity contribution >= 4 is 21.9 Å². The molecule has 0 aliphatic heterocycles. The summed E-state index contributed by atoms with van der Waals surface area (Å²) in [5.41, 5.74) is 7.31. The molecule has 0 N–H and O–H groups in total. The van der Waals surface area contributed by atoms with Crippen LogP contribution >= 0.6 is 0 Å². The number of benzene rings is 5. The summed E-state index contributed by atoms with van der Waals surface area (Å²) >= 11 is 0. The van der Waals surface area contributed by atoms with Crippen LogP contribution in [0.3, 0.4) is 0 Å². The van der Waals surface area contributed by atoms with Crippen molar-refractivity contribution in [2.24, 2.45) is 0 Å². The summed E-state index contributed by atoms with van der Waals surface area (Å²) in [6.45, 7) is -6.25. The molecule has 5 aromatic carbocycles. The molecule has 3 aromatic heterocycles. The van der Waals surface area contributed by atoms with Crippen molar-refractivity contribution in [2.75, 3.05) is 0 Å². The summed E-state index contributed by atoms with van der Waals surface area (Å²) in [5, 5.41) is 2.08. The molecule has 0 fully saturated rings. The van der Waals surface area contributed by atoms with E-state index in [1.54, 1.807) is 48.8 Å². The smallest absolute Gasteiger partial charge is 0.123 e. The Morgan fingerprint density at radius 1 is 0.489 bits per heavy atom. The zero-order chi connectivity index (χ0) is 39.2. The quantitative estimate of drug-likeness (QED) is 0.167. The Bertz CT molecular complexity index is 2370. The van der Waals surface area contributed by atoms with Crippen molar-refractivity contribution in [3.63, 3.8) is 0 Å². The minimum atomic E-state index is -2.11. The van der Waals surface area contributed by atoms with Gasteiger partial charge in [0, 0.05) is 50.4 Å². The SMILES string of the molecule is [2H]C([2H])([2H])c1c[c-]c(-c2[c-]cc3c(c2)oc2ccccc23)cc1.[2H]C([2H])([2H])c1c[c-]c(-c2ccccn2)cc1.[2H]C([2H])([2H])c1c[c-]c(-c2ccccn2)cc1.[Ir]. The summed E-state index contributed by atoms with van der Waals surface area (Å²) in [5.74, 6) is 0. The van der Waals surface area contributed by atoms with Crippen LogP contribution in [0.15, 0.2) is 144 Å². The van der Waals surface area contributed by atoms with E-state index >= 15 is 0 Å². The average Bonchev–Trinajstić information content (AvgIpc) is 3.56. The van der Waals surface area contributed by atoms with E-state index in [4.69, 9.17) is 16.8 Å². The maximum absolute atomic E-state index is 7.41. The first-order valence-electron chi connectivity index (χ1n) is 18.9. The zero-order valence-electron chi connectivity index (χ0n) is 33.9. The molecule has 8 aromatic rings. The van der Waals surface area contributed by atoms with Crippen LogP contribution < -0.4 is 0 Å². The van der Waals surface area contributed by atoms with Crippen LogP contribution in [0, 0.1) is 44.8 Å². The van der Waals surface area contributed by atoms with Crippen LogP contribution in [0.1, 0.15) is 29.0 Å². The number of fused-ring (bicyclic) bond motifs is 3. The van der Waals surface area contributed by atoms with Gasteiger partial charge in [0.05, 0.1) is 0 Å². The topological polar surface area (TPSA) is 38.9 Å². The van der Waals surface area contributed by atoms with Crippen LogP contribution in [-0.4, -0.2) is 9.97 Å². The Morgan fingerprint density at radius 3 is 1.49 bits per heavy atom. The average molecular weight is 794 g/mol. The van der Waals surface area contributed by atoms with Crippen molar-refractivity contribution in [3.8, 4) is 33.6 Å². The minimum absolute atomic E-state index is 0. The summed E-state index contributed by atoms with van der Waals surface area (Å²) in [6.07, 6.45) is 3.39. The first-order valence-corrected chi connectivity index (χ1v) is 14.4. The van der Waals surface area contributed by atoms with Crippen LogP contribution in [0.2, 0.25) is 0 Å². The maximum atomic E-state index is 7.41. The molecular formula is C43H32IrN2O-4. The third-order valence-corrected chi connectivity index (χ3v) is 6.92. The zero-order valence-corrected chi connectivity index (χ0v) is 27.3. The van der Waals surface area contributed by atoms with Crippen molar-refractivity contribution in [1.82, 2.24) is 9.97 Å². The number of hydrogen-bond acceptors (Lipinski definition) is 3. The van der Waals surface area contributed by atoms with Crippen molar-refractivity contribution in [2.45, 2.75) is 20.6 Å². The van der Waals surface area contributed by atoms with Gasteiger partial charge in [0.15, 0.2) is 0 Å². The normalized spacial score (nSPS) is 13.9. The molecule has 4 heteroatoms. The van der Waals surface area contributed by atoms with Gasteiger partial charge in [-0.2, -0.15) is 30.3 Å². The van der Waals surface area contributed by atoms with Gasteiger partial charge >= 0.3 is 0 Å². The standard InChI is InChI=1S/C19H12O.2C12H10N.Ir/c1-13-6-8-14(9-7-13)15-10-11-17-16-4-2-3-5-18(16)20-19(17)12-15;2*1-10-5-7-11(8-6-10)12-4-2-3-9-13-12;/h2-8,11-12H,1H3;2*2-7,9H,1H3;/q-2;2*-1;/i3*1D3;. The largest absolute Gasteiger partial charge is 0.477 e. The molecule has 0 spiro atoms. The van der Waals surface area contributed by atoms with Gasteiger partial charge in [-0.25, -0.2) is 11.1 Å². The number of aromatic nitrogens is 2. The van der Waals surface area contributed by atoms with E-state index < -0.39 is 20.6 Å². The number of para-hydroxylation sites is 1. The van der Waals surface area contributed by atoms with Crippen molar-refractivity contribution in [1.29, 1.82) is 0 Å². The molecule has 0 unspecified atom stereocenters. The van der Waals surface area contributed by atoms with Gasteiger partial charge in [-0.1, -0.05) is 68.4 Å². The van der Waals surface area contributed by atoms with Gasteiger partial charge in [-0.15, -0.1) is 88.5 Å². The molecule has 0 aliphatic rings. The van der Waals surface area contributed by atoms with E-state index in [2.05, 4.69) is 34.2 Å². The second-order valence-corrected chi connectivity index (χ2v) is 10.1. The molecule has 1 radical (unpaired) electrons. The monoisotopic (exact) mass is 794 g/mol. The van der Waals surface area contributed by atoms with Gasteiger partial charge < -0.3 is 14.4 Å². The summed E-state index contributed by atoms with van der Waals surface area (Å²) in [6, 6.07) is 49.5. The summed E-state index contributed by atoms with van der Waals surface area (Å²) in [7, 11) is 0. The maximum Gasteiger partial charge on any atom is 0.123 e. The first-order chi connectivity index (χ1) is 26.2. The molecule has 3 nitrogen and oxygen atoms in total. The van der Waals surface area contributed by atoms with Crippen LogP contribution in [-0.2, 0) is 20.1 Å². The van der Waals surface area contributed by atoms with E-state index in [0.717, 1.165) is 55.6 Å². The second kappa shape index (κ2) is 15.9. The molecule has 233 valence electrons. The third kappa shape index (κ3) is 8.56. The number of aryl methyl sites for hydroxylation is 3. The number of pyridine rings is 2. The van der Waals surface area contributed by atoms with Crippen LogP contribution in [0.4, 0.5) is 0 Å². The summed E-state index contributed by atoms with van der Waals surface area (Å²) in [4.78, 5) is 8.34. The van der Waals surface area contributed by atoms with Gasteiger partial charge in [0.25, 0.3) is 0 Å².